The summed E-state index contributed by atoms with van der Waals surface area (Å²) in [5, 5.41) is 0. The van der Waals surface area contributed by atoms with Gasteiger partial charge in [0, 0.05) is 30.8 Å². The van der Waals surface area contributed by atoms with E-state index in [2.05, 4.69) is 4.98 Å². The number of esters is 2. The largest absolute Gasteiger partial charge is 0.419 e. The Morgan fingerprint density at radius 3 is 3.04 bits per heavy atom. The summed E-state index contributed by atoms with van der Waals surface area (Å²) in [6, 6.07) is 6.77. The number of hydrogen-bond donors (Lipinski definition) is 0. The fraction of sp³-hybridized carbons (Fsp3) is 0.250. The van der Waals surface area contributed by atoms with Gasteiger partial charge in [0.05, 0.1) is 5.56 Å². The molecule has 0 bridgehead atoms. The third-order valence-corrected chi connectivity index (χ3v) is 3.47. The summed E-state index contributed by atoms with van der Waals surface area (Å²) in [7, 11) is 0. The summed E-state index contributed by atoms with van der Waals surface area (Å²) in [6.45, 7) is -0.0651. The lowest BCUT2D eigenvalue weighted by Crippen LogP contribution is -2.18. The highest BCUT2D eigenvalue weighted by Gasteiger charge is 2.33. The highest BCUT2D eigenvalue weighted by Crippen LogP contribution is 2.31. The topological polar surface area (TPSA) is 87.5 Å². The van der Waals surface area contributed by atoms with Crippen LogP contribution in [0.1, 0.15) is 34.5 Å². The lowest BCUT2D eigenvalue weighted by Gasteiger charge is -2.13. The Kier molecular flexibility index (Phi) is 4.18. The summed E-state index contributed by atoms with van der Waals surface area (Å²) < 4.78 is 11.9. The summed E-state index contributed by atoms with van der Waals surface area (Å²) in [6.07, 6.45) is 3.75. The highest BCUT2D eigenvalue weighted by molar-refractivity contribution is 5.94. The molecule has 1 atom stereocenters. The van der Waals surface area contributed by atoms with Gasteiger partial charge in [-0.2, -0.15) is 0 Å². The van der Waals surface area contributed by atoms with E-state index in [1.807, 2.05) is 0 Å². The first-order chi connectivity index (χ1) is 11.2. The van der Waals surface area contributed by atoms with E-state index in [0.29, 0.717) is 29.8 Å². The number of rotatable bonds is 6. The maximum atomic E-state index is 12.1. The lowest BCUT2D eigenvalue weighted by molar-refractivity contribution is -0.168. The summed E-state index contributed by atoms with van der Waals surface area (Å²) in [5.74, 6) is -0.435. The normalized spacial score (nSPS) is 15.8. The molecule has 0 N–H and O–H groups in total. The van der Waals surface area contributed by atoms with Crippen LogP contribution in [0.2, 0.25) is 0 Å². The first-order valence-electron chi connectivity index (χ1n) is 7.12. The Hall–Kier alpha value is -2.96. The SMILES string of the molecule is O=CCCc1nccn1CC(=O)OC1OC(=O)c2ccccc21. The van der Waals surface area contributed by atoms with E-state index in [1.54, 1.807) is 41.2 Å². The van der Waals surface area contributed by atoms with Crippen molar-refractivity contribution >= 4 is 18.2 Å². The minimum absolute atomic E-state index is 0.0651. The van der Waals surface area contributed by atoms with Gasteiger partial charge in [0.2, 0.25) is 0 Å². The number of aryl methyl sites for hydroxylation is 1. The van der Waals surface area contributed by atoms with E-state index in [-0.39, 0.29) is 6.54 Å². The molecule has 3 rings (SSSR count). The van der Waals surface area contributed by atoms with Gasteiger partial charge in [0.1, 0.15) is 18.7 Å². The summed E-state index contributed by atoms with van der Waals surface area (Å²) in [4.78, 5) is 38.3. The molecule has 1 aliphatic heterocycles. The Balaban J connectivity index is 1.66. The van der Waals surface area contributed by atoms with Gasteiger partial charge in [0.25, 0.3) is 6.29 Å². The lowest BCUT2D eigenvalue weighted by atomic mass is 10.1. The molecular formula is C16H14N2O5. The van der Waals surface area contributed by atoms with E-state index in [0.717, 1.165) is 6.29 Å². The third-order valence-electron chi connectivity index (χ3n) is 3.47. The third kappa shape index (κ3) is 3.13. The van der Waals surface area contributed by atoms with Crippen LogP contribution in [0.15, 0.2) is 36.7 Å². The molecule has 118 valence electrons. The van der Waals surface area contributed by atoms with Gasteiger partial charge >= 0.3 is 11.9 Å². The van der Waals surface area contributed by atoms with Crippen LogP contribution in [0.4, 0.5) is 0 Å². The van der Waals surface area contributed by atoms with E-state index >= 15 is 0 Å². The molecule has 1 unspecified atom stereocenters. The smallest absolute Gasteiger partial charge is 0.342 e. The number of ether oxygens (including phenoxy) is 2. The number of imidazole rings is 1. The van der Waals surface area contributed by atoms with Crippen LogP contribution >= 0.6 is 0 Å². The molecule has 7 nitrogen and oxygen atoms in total. The fourth-order valence-electron chi connectivity index (χ4n) is 2.40. The summed E-state index contributed by atoms with van der Waals surface area (Å²) >= 11 is 0. The molecule has 23 heavy (non-hydrogen) atoms. The zero-order valence-corrected chi connectivity index (χ0v) is 12.2. The minimum Gasteiger partial charge on any atom is -0.419 e. The van der Waals surface area contributed by atoms with E-state index < -0.39 is 18.2 Å². The number of nitrogens with zero attached hydrogens (tertiary/aromatic N) is 2. The molecule has 0 saturated carbocycles. The van der Waals surface area contributed by atoms with Crippen LogP contribution < -0.4 is 0 Å². The van der Waals surface area contributed by atoms with Crippen molar-refractivity contribution in [1.29, 1.82) is 0 Å². The first kappa shape index (κ1) is 15.0. The first-order valence-corrected chi connectivity index (χ1v) is 7.12. The molecule has 2 heterocycles. The van der Waals surface area contributed by atoms with Crippen molar-refractivity contribution in [3.05, 3.63) is 53.6 Å². The molecule has 1 aromatic carbocycles. The van der Waals surface area contributed by atoms with Gasteiger partial charge in [-0.25, -0.2) is 14.6 Å². The number of cyclic esters (lactones) is 1. The second-order valence-electron chi connectivity index (χ2n) is 4.99. The van der Waals surface area contributed by atoms with Crippen LogP contribution in [0.5, 0.6) is 0 Å². The average molecular weight is 314 g/mol. The van der Waals surface area contributed by atoms with Crippen LogP contribution in [-0.2, 0) is 32.0 Å². The zero-order valence-electron chi connectivity index (χ0n) is 12.2. The van der Waals surface area contributed by atoms with Crippen molar-refractivity contribution in [2.75, 3.05) is 0 Å². The van der Waals surface area contributed by atoms with Gasteiger partial charge in [-0.05, 0) is 6.07 Å². The fourth-order valence-corrected chi connectivity index (χ4v) is 2.40. The van der Waals surface area contributed by atoms with Crippen molar-refractivity contribution in [3.63, 3.8) is 0 Å². The van der Waals surface area contributed by atoms with Crippen molar-refractivity contribution in [3.8, 4) is 0 Å². The van der Waals surface area contributed by atoms with E-state index in [4.69, 9.17) is 9.47 Å². The van der Waals surface area contributed by atoms with Crippen molar-refractivity contribution < 1.29 is 23.9 Å². The van der Waals surface area contributed by atoms with Crippen LogP contribution in [0.3, 0.4) is 0 Å². The molecule has 0 amide bonds. The van der Waals surface area contributed by atoms with Gasteiger partial charge in [-0.15, -0.1) is 0 Å². The molecule has 0 aliphatic carbocycles. The quantitative estimate of drug-likeness (QED) is 0.592. The average Bonchev–Trinajstić information content (AvgIpc) is 3.11. The zero-order chi connectivity index (χ0) is 16.2. The molecule has 1 aliphatic rings. The van der Waals surface area contributed by atoms with Crippen LogP contribution in [0.25, 0.3) is 0 Å². The Labute approximate surface area is 131 Å². The predicted molar refractivity (Wildman–Crippen MR) is 77.3 cm³/mol. The van der Waals surface area contributed by atoms with E-state index in [9.17, 15) is 14.4 Å². The molecule has 0 spiro atoms. The second-order valence-corrected chi connectivity index (χ2v) is 4.99. The molecule has 2 aromatic rings. The second kappa shape index (κ2) is 6.43. The number of carbonyl (C=O) groups excluding carboxylic acids is 3. The van der Waals surface area contributed by atoms with Crippen molar-refractivity contribution in [2.45, 2.75) is 25.7 Å². The molecule has 7 heteroatoms. The van der Waals surface area contributed by atoms with Gasteiger partial charge < -0.3 is 18.8 Å². The van der Waals surface area contributed by atoms with Gasteiger partial charge in [0.15, 0.2) is 0 Å². The Morgan fingerprint density at radius 2 is 2.22 bits per heavy atom. The molecule has 0 fully saturated rings. The maximum absolute atomic E-state index is 12.1. The number of hydrogen-bond acceptors (Lipinski definition) is 6. The molecule has 1 aromatic heterocycles. The number of carbonyl (C=O) groups is 3. The number of fused-ring (bicyclic) bond motifs is 1. The Morgan fingerprint density at radius 1 is 1.39 bits per heavy atom. The molecule has 0 radical (unpaired) electrons. The van der Waals surface area contributed by atoms with Gasteiger partial charge in [-0.3, -0.25) is 0 Å². The summed E-state index contributed by atoms with van der Waals surface area (Å²) in [5.41, 5.74) is 0.942. The Bertz CT molecular complexity index is 752. The number of benzene rings is 1. The number of aldehydes is 1. The van der Waals surface area contributed by atoms with Crippen molar-refractivity contribution in [2.24, 2.45) is 0 Å². The minimum atomic E-state index is -1.02. The maximum Gasteiger partial charge on any atom is 0.342 e. The van der Waals surface area contributed by atoms with Crippen LogP contribution in [0, 0.1) is 0 Å². The van der Waals surface area contributed by atoms with Crippen LogP contribution in [-0.4, -0.2) is 27.8 Å². The number of aromatic nitrogens is 2. The monoisotopic (exact) mass is 314 g/mol. The highest BCUT2D eigenvalue weighted by atomic mass is 16.7. The predicted octanol–water partition coefficient (Wildman–Crippen LogP) is 1.43. The molecular weight excluding hydrogens is 300 g/mol. The molecule has 0 saturated heterocycles. The van der Waals surface area contributed by atoms with Gasteiger partial charge in [-0.1, -0.05) is 18.2 Å². The van der Waals surface area contributed by atoms with Crippen molar-refractivity contribution in [1.82, 2.24) is 9.55 Å². The standard InChI is InChI=1S/C16H14N2O5/c19-9-3-6-13-17-7-8-18(13)10-14(20)22-16-12-5-2-1-4-11(12)15(21)23-16/h1-2,4-5,7-9,16H,3,6,10H2. The van der Waals surface area contributed by atoms with E-state index in [1.165, 1.54) is 0 Å².